The number of carbonyl (C=O) groups excluding carboxylic acids is 2. The first-order chi connectivity index (χ1) is 7.58. The Hall–Kier alpha value is -0.980. The minimum Gasteiger partial charge on any atom is -0.466 e. The average molecular weight is 236 g/mol. The molecule has 6 heteroatoms. The number of hydrogen-bond donors (Lipinski definition) is 2. The zero-order valence-corrected chi connectivity index (χ0v) is 9.77. The molecule has 0 amide bonds. The predicted molar refractivity (Wildman–Crippen MR) is 56.9 cm³/mol. The Labute approximate surface area is 95.2 Å². The van der Waals surface area contributed by atoms with E-state index in [-0.39, 0.29) is 25.4 Å². The van der Waals surface area contributed by atoms with Crippen LogP contribution < -0.4 is 0 Å². The van der Waals surface area contributed by atoms with Crippen molar-refractivity contribution in [1.29, 1.82) is 0 Å². The molecule has 0 aromatic heterocycles. The number of esters is 1. The van der Waals surface area contributed by atoms with Crippen LogP contribution in [-0.2, 0) is 19.1 Å². The lowest BCUT2D eigenvalue weighted by molar-refractivity contribution is -0.145. The van der Waals surface area contributed by atoms with E-state index in [0.717, 1.165) is 0 Å². The maximum atomic E-state index is 10.4. The fourth-order valence-electron chi connectivity index (χ4n) is 0.646. The average Bonchev–Trinajstić information content (AvgIpc) is 2.18. The van der Waals surface area contributed by atoms with E-state index in [2.05, 4.69) is 9.47 Å². The quantitative estimate of drug-likeness (QED) is 0.352. The van der Waals surface area contributed by atoms with Crippen molar-refractivity contribution in [3.63, 3.8) is 0 Å². The van der Waals surface area contributed by atoms with Crippen LogP contribution in [0.5, 0.6) is 0 Å². The van der Waals surface area contributed by atoms with Crippen molar-refractivity contribution in [2.24, 2.45) is 0 Å². The summed E-state index contributed by atoms with van der Waals surface area (Å²) in [6, 6.07) is 0. The first kappa shape index (κ1) is 17.4. The summed E-state index contributed by atoms with van der Waals surface area (Å²) in [5, 5.41) is 16.2. The molecule has 0 aliphatic carbocycles. The highest BCUT2D eigenvalue weighted by Crippen LogP contribution is 1.86. The van der Waals surface area contributed by atoms with Gasteiger partial charge in [-0.1, -0.05) is 0 Å². The van der Waals surface area contributed by atoms with E-state index in [0.29, 0.717) is 19.8 Å². The largest absolute Gasteiger partial charge is 0.466 e. The Balaban J connectivity index is 0. The molecule has 0 aromatic rings. The van der Waals surface area contributed by atoms with Crippen LogP contribution in [0.3, 0.4) is 0 Å². The van der Waals surface area contributed by atoms with E-state index in [4.69, 9.17) is 10.2 Å². The van der Waals surface area contributed by atoms with Crippen LogP contribution in [0.15, 0.2) is 0 Å². The van der Waals surface area contributed by atoms with Gasteiger partial charge in [0.2, 0.25) is 0 Å². The van der Waals surface area contributed by atoms with Crippen molar-refractivity contribution in [3.8, 4) is 0 Å². The van der Waals surface area contributed by atoms with Gasteiger partial charge >= 0.3 is 5.97 Å². The number of ketones is 1. The third-order valence-corrected chi connectivity index (χ3v) is 1.17. The Morgan fingerprint density at radius 1 is 1.12 bits per heavy atom. The normalized spacial score (nSPS) is 9.00. The first-order valence-corrected chi connectivity index (χ1v) is 5.03. The number of Topliss-reactive ketones (excluding diaryl/α,β-unsaturated/α-hetero) is 1. The van der Waals surface area contributed by atoms with Crippen molar-refractivity contribution in [2.45, 2.75) is 20.3 Å². The van der Waals surface area contributed by atoms with Gasteiger partial charge in [0.05, 0.1) is 33.0 Å². The van der Waals surface area contributed by atoms with Gasteiger partial charge in [0.15, 0.2) is 0 Å². The summed E-state index contributed by atoms with van der Waals surface area (Å²) < 4.78 is 9.12. The standard InChI is InChI=1S/C6H10O3.C4H10O3/c1-3-9-6(8)4-5(2)7;5-1-3-7-4-2-6/h3-4H2,1-2H3;5-6H,1-4H2. The molecule has 0 radical (unpaired) electrons. The molecule has 0 rings (SSSR count). The summed E-state index contributed by atoms with van der Waals surface area (Å²) in [4.78, 5) is 20.6. The van der Waals surface area contributed by atoms with Crippen LogP contribution in [0.1, 0.15) is 20.3 Å². The fourth-order valence-corrected chi connectivity index (χ4v) is 0.646. The lowest BCUT2D eigenvalue weighted by Crippen LogP contribution is -2.07. The van der Waals surface area contributed by atoms with Crippen LogP contribution in [0.25, 0.3) is 0 Å². The number of aliphatic hydroxyl groups excluding tert-OH is 2. The van der Waals surface area contributed by atoms with E-state index < -0.39 is 5.97 Å². The van der Waals surface area contributed by atoms with Gasteiger partial charge in [-0.05, 0) is 13.8 Å². The molecule has 16 heavy (non-hydrogen) atoms. The summed E-state index contributed by atoms with van der Waals surface area (Å²) >= 11 is 0. The molecule has 0 fully saturated rings. The molecule has 6 nitrogen and oxygen atoms in total. The van der Waals surface area contributed by atoms with Crippen LogP contribution in [0.2, 0.25) is 0 Å². The van der Waals surface area contributed by atoms with Gasteiger partial charge in [-0.25, -0.2) is 0 Å². The summed E-state index contributed by atoms with van der Waals surface area (Å²) in [7, 11) is 0. The van der Waals surface area contributed by atoms with Gasteiger partial charge in [0, 0.05) is 0 Å². The summed E-state index contributed by atoms with van der Waals surface area (Å²) in [6.07, 6.45) is -0.103. The van der Waals surface area contributed by atoms with Gasteiger partial charge in [0.1, 0.15) is 12.2 Å². The SMILES string of the molecule is CCOC(=O)CC(C)=O.OCCOCCO. The predicted octanol–water partition coefficient (Wildman–Crippen LogP) is -0.484. The van der Waals surface area contributed by atoms with Crippen molar-refractivity contribution < 1.29 is 29.3 Å². The minimum absolute atomic E-state index is 0.0278. The third kappa shape index (κ3) is 18.7. The maximum Gasteiger partial charge on any atom is 0.313 e. The molecular formula is C10H20O6. The van der Waals surface area contributed by atoms with Gasteiger partial charge in [0.25, 0.3) is 0 Å². The molecule has 0 saturated carbocycles. The van der Waals surface area contributed by atoms with E-state index in [1.165, 1.54) is 6.92 Å². The number of aliphatic hydroxyl groups is 2. The smallest absolute Gasteiger partial charge is 0.313 e. The molecule has 0 atom stereocenters. The van der Waals surface area contributed by atoms with E-state index in [1.54, 1.807) is 6.92 Å². The second-order valence-electron chi connectivity index (χ2n) is 2.74. The summed E-state index contributed by atoms with van der Waals surface area (Å²) in [6.45, 7) is 4.10. The molecule has 0 bridgehead atoms. The molecule has 96 valence electrons. The highest BCUT2D eigenvalue weighted by Gasteiger charge is 2.03. The topological polar surface area (TPSA) is 93.1 Å². The van der Waals surface area contributed by atoms with E-state index in [1.807, 2.05) is 0 Å². The number of hydrogen-bond acceptors (Lipinski definition) is 6. The molecule has 0 aliphatic heterocycles. The molecule has 0 unspecified atom stereocenters. The Morgan fingerprint density at radius 2 is 1.62 bits per heavy atom. The summed E-state index contributed by atoms with van der Waals surface area (Å²) in [5.41, 5.74) is 0. The van der Waals surface area contributed by atoms with Crippen molar-refractivity contribution in [3.05, 3.63) is 0 Å². The van der Waals surface area contributed by atoms with Gasteiger partial charge in [-0.3, -0.25) is 9.59 Å². The van der Waals surface area contributed by atoms with Crippen molar-refractivity contribution in [2.75, 3.05) is 33.0 Å². The zero-order valence-electron chi connectivity index (χ0n) is 9.77. The highest BCUT2D eigenvalue weighted by atomic mass is 16.5. The highest BCUT2D eigenvalue weighted by molar-refractivity contribution is 5.94. The number of rotatable bonds is 7. The van der Waals surface area contributed by atoms with Gasteiger partial charge in [-0.15, -0.1) is 0 Å². The van der Waals surface area contributed by atoms with Crippen LogP contribution in [0.4, 0.5) is 0 Å². The van der Waals surface area contributed by atoms with Crippen LogP contribution in [0, 0.1) is 0 Å². The number of ether oxygens (including phenoxy) is 2. The lowest BCUT2D eigenvalue weighted by Gasteiger charge is -1.96. The van der Waals surface area contributed by atoms with Crippen LogP contribution >= 0.6 is 0 Å². The molecule has 0 saturated heterocycles. The van der Waals surface area contributed by atoms with E-state index >= 15 is 0 Å². The number of carbonyl (C=O) groups is 2. The molecule has 0 aliphatic rings. The Kier molecular flexibility index (Phi) is 15.3. The van der Waals surface area contributed by atoms with Crippen LogP contribution in [-0.4, -0.2) is 55.0 Å². The van der Waals surface area contributed by atoms with Gasteiger partial charge in [-0.2, -0.15) is 0 Å². The Morgan fingerprint density at radius 3 is 1.94 bits per heavy atom. The van der Waals surface area contributed by atoms with E-state index in [9.17, 15) is 9.59 Å². The molecular weight excluding hydrogens is 216 g/mol. The second-order valence-corrected chi connectivity index (χ2v) is 2.74. The third-order valence-electron chi connectivity index (χ3n) is 1.17. The molecule has 2 N–H and O–H groups in total. The molecule has 0 spiro atoms. The monoisotopic (exact) mass is 236 g/mol. The fraction of sp³-hybridized carbons (Fsp3) is 0.800. The Bertz CT molecular complexity index is 176. The lowest BCUT2D eigenvalue weighted by atomic mass is 10.3. The van der Waals surface area contributed by atoms with Crippen molar-refractivity contribution in [1.82, 2.24) is 0 Å². The zero-order chi connectivity index (χ0) is 12.8. The van der Waals surface area contributed by atoms with Crippen molar-refractivity contribution >= 4 is 11.8 Å². The first-order valence-electron chi connectivity index (χ1n) is 5.03. The molecule has 0 aromatic carbocycles. The van der Waals surface area contributed by atoms with Gasteiger partial charge < -0.3 is 19.7 Å². The summed E-state index contributed by atoms with van der Waals surface area (Å²) in [5.74, 6) is -0.599. The second kappa shape index (κ2) is 14.0. The molecule has 0 heterocycles. The minimum atomic E-state index is -0.440. The maximum absolute atomic E-state index is 10.4.